The molecule has 0 aliphatic heterocycles. The van der Waals surface area contributed by atoms with Gasteiger partial charge in [0.1, 0.15) is 11.4 Å². The summed E-state index contributed by atoms with van der Waals surface area (Å²) in [5.41, 5.74) is 3.71. The number of anilines is 1. The maximum Gasteiger partial charge on any atom is 0.261 e. The summed E-state index contributed by atoms with van der Waals surface area (Å²) in [6.45, 7) is 0. The van der Waals surface area contributed by atoms with E-state index < -0.39 is 0 Å². The molecule has 4 aromatic rings. The quantitative estimate of drug-likeness (QED) is 0.432. The number of hydrogen-bond donors (Lipinski definition) is 3. The Balaban J connectivity index is 1.75. The Hall–Kier alpha value is -2.79. The zero-order valence-corrected chi connectivity index (χ0v) is 16.1. The van der Waals surface area contributed by atoms with E-state index in [9.17, 15) is 4.79 Å². The van der Waals surface area contributed by atoms with Gasteiger partial charge in [0.05, 0.1) is 22.2 Å². The molecule has 0 spiro atoms. The second-order valence-corrected chi connectivity index (χ2v) is 7.91. The predicted octanol–water partition coefficient (Wildman–Crippen LogP) is 5.47. The van der Waals surface area contributed by atoms with E-state index in [0.29, 0.717) is 22.5 Å². The maximum atomic E-state index is 13.1. The van der Waals surface area contributed by atoms with Crippen molar-refractivity contribution < 1.29 is 0 Å². The SMILES string of the molecule is O=c1[nH]c2ccc(Cl)cc2c(NC2CCCCC2)c1-c1nc2ccccc2[nH]1. The first-order valence-corrected chi connectivity index (χ1v) is 10.1. The lowest BCUT2D eigenvalue weighted by atomic mass is 9.94. The average molecular weight is 393 g/mol. The first kappa shape index (κ1) is 17.3. The summed E-state index contributed by atoms with van der Waals surface area (Å²) >= 11 is 6.29. The number of benzene rings is 2. The van der Waals surface area contributed by atoms with E-state index in [1.807, 2.05) is 36.4 Å². The van der Waals surface area contributed by atoms with Crippen molar-refractivity contribution >= 4 is 39.2 Å². The lowest BCUT2D eigenvalue weighted by molar-refractivity contribution is 0.463. The molecule has 2 heterocycles. The van der Waals surface area contributed by atoms with Crippen LogP contribution in [0.3, 0.4) is 0 Å². The standard InChI is InChI=1S/C22H21ClN4O/c23-13-10-11-16-15(12-13)20(24-14-6-2-1-3-7-14)19(22(28)27-16)21-25-17-8-4-5-9-18(17)26-21/h4-5,8-12,14H,1-3,6-7H2,(H,25,26)(H2,24,27,28). The highest BCUT2D eigenvalue weighted by atomic mass is 35.5. The minimum absolute atomic E-state index is 0.160. The molecule has 0 unspecified atom stereocenters. The first-order valence-electron chi connectivity index (χ1n) is 9.76. The second-order valence-electron chi connectivity index (χ2n) is 7.48. The Bertz CT molecular complexity index is 1190. The third-order valence-corrected chi connectivity index (χ3v) is 5.79. The number of para-hydroxylation sites is 2. The van der Waals surface area contributed by atoms with Crippen molar-refractivity contribution in [3.8, 4) is 11.4 Å². The molecule has 1 saturated carbocycles. The normalized spacial score (nSPS) is 15.3. The topological polar surface area (TPSA) is 73.6 Å². The largest absolute Gasteiger partial charge is 0.381 e. The fraction of sp³-hybridized carbons (Fsp3) is 0.273. The summed E-state index contributed by atoms with van der Waals surface area (Å²) in [7, 11) is 0. The molecule has 6 heteroatoms. The van der Waals surface area contributed by atoms with Gasteiger partial charge in [-0.3, -0.25) is 4.79 Å². The van der Waals surface area contributed by atoms with Crippen LogP contribution in [-0.4, -0.2) is 21.0 Å². The van der Waals surface area contributed by atoms with Crippen molar-refractivity contribution in [3.63, 3.8) is 0 Å². The third-order valence-electron chi connectivity index (χ3n) is 5.56. The van der Waals surface area contributed by atoms with Crippen molar-refractivity contribution in [1.29, 1.82) is 0 Å². The molecular formula is C22H21ClN4O. The Morgan fingerprint density at radius 1 is 1.00 bits per heavy atom. The van der Waals surface area contributed by atoms with E-state index in [-0.39, 0.29) is 5.56 Å². The first-order chi connectivity index (χ1) is 13.7. The number of hydrogen-bond acceptors (Lipinski definition) is 3. The molecule has 2 aromatic carbocycles. The Morgan fingerprint density at radius 2 is 1.82 bits per heavy atom. The van der Waals surface area contributed by atoms with Gasteiger partial charge in [0.25, 0.3) is 5.56 Å². The number of rotatable bonds is 3. The lowest BCUT2D eigenvalue weighted by Crippen LogP contribution is -2.25. The van der Waals surface area contributed by atoms with E-state index in [0.717, 1.165) is 40.5 Å². The summed E-state index contributed by atoms with van der Waals surface area (Å²) in [4.78, 5) is 24.0. The number of fused-ring (bicyclic) bond motifs is 2. The highest BCUT2D eigenvalue weighted by Gasteiger charge is 2.21. The minimum atomic E-state index is -0.160. The zero-order chi connectivity index (χ0) is 19.1. The minimum Gasteiger partial charge on any atom is -0.381 e. The van der Waals surface area contributed by atoms with E-state index in [4.69, 9.17) is 11.6 Å². The van der Waals surface area contributed by atoms with Crippen LogP contribution in [0.4, 0.5) is 5.69 Å². The molecule has 1 aliphatic carbocycles. The molecule has 0 amide bonds. The number of halogens is 1. The van der Waals surface area contributed by atoms with Crippen molar-refractivity contribution in [3.05, 3.63) is 57.8 Å². The molecule has 0 bridgehead atoms. The van der Waals surface area contributed by atoms with Crippen molar-refractivity contribution in [2.24, 2.45) is 0 Å². The highest BCUT2D eigenvalue weighted by Crippen LogP contribution is 2.34. The molecule has 3 N–H and O–H groups in total. The summed E-state index contributed by atoms with van der Waals surface area (Å²) < 4.78 is 0. The Morgan fingerprint density at radius 3 is 2.64 bits per heavy atom. The molecule has 0 radical (unpaired) electrons. The van der Waals surface area contributed by atoms with E-state index in [1.165, 1.54) is 19.3 Å². The van der Waals surface area contributed by atoms with Gasteiger partial charge in [-0.15, -0.1) is 0 Å². The van der Waals surface area contributed by atoms with Gasteiger partial charge < -0.3 is 15.3 Å². The van der Waals surface area contributed by atoms with Gasteiger partial charge in [0.15, 0.2) is 0 Å². The van der Waals surface area contributed by atoms with Gasteiger partial charge in [-0.05, 0) is 43.2 Å². The van der Waals surface area contributed by atoms with Crippen LogP contribution < -0.4 is 10.9 Å². The number of aromatic amines is 2. The van der Waals surface area contributed by atoms with Crippen LogP contribution in [0.1, 0.15) is 32.1 Å². The number of aromatic nitrogens is 3. The zero-order valence-electron chi connectivity index (χ0n) is 15.4. The molecule has 2 aromatic heterocycles. The van der Waals surface area contributed by atoms with Gasteiger partial charge in [0.2, 0.25) is 0 Å². The van der Waals surface area contributed by atoms with Crippen molar-refractivity contribution in [2.45, 2.75) is 38.1 Å². The molecule has 1 fully saturated rings. The molecule has 142 valence electrons. The Labute approximate surface area is 167 Å². The van der Waals surface area contributed by atoms with Crippen LogP contribution in [0.2, 0.25) is 5.02 Å². The summed E-state index contributed by atoms with van der Waals surface area (Å²) in [5, 5.41) is 5.22. The number of nitrogens with one attached hydrogen (secondary N) is 3. The van der Waals surface area contributed by atoms with Crippen molar-refractivity contribution in [2.75, 3.05) is 5.32 Å². The molecular weight excluding hydrogens is 372 g/mol. The lowest BCUT2D eigenvalue weighted by Gasteiger charge is -2.25. The summed E-state index contributed by atoms with van der Waals surface area (Å²) in [5.74, 6) is 0.572. The van der Waals surface area contributed by atoms with E-state index in [1.54, 1.807) is 6.07 Å². The number of pyridine rings is 1. The van der Waals surface area contributed by atoms with Gasteiger partial charge >= 0.3 is 0 Å². The second kappa shape index (κ2) is 6.99. The maximum absolute atomic E-state index is 13.1. The molecule has 0 atom stereocenters. The van der Waals surface area contributed by atoms with E-state index in [2.05, 4.69) is 20.3 Å². The summed E-state index contributed by atoms with van der Waals surface area (Å²) in [6.07, 6.45) is 5.90. The fourth-order valence-corrected chi connectivity index (χ4v) is 4.34. The van der Waals surface area contributed by atoms with Crippen LogP contribution >= 0.6 is 11.6 Å². The molecule has 1 aliphatic rings. The van der Waals surface area contributed by atoms with Gasteiger partial charge in [-0.1, -0.05) is 43.0 Å². The molecule has 5 nitrogen and oxygen atoms in total. The van der Waals surface area contributed by atoms with Gasteiger partial charge in [-0.2, -0.15) is 0 Å². The van der Waals surface area contributed by atoms with Gasteiger partial charge in [-0.25, -0.2) is 4.98 Å². The number of imidazole rings is 1. The molecule has 5 rings (SSSR count). The fourth-order valence-electron chi connectivity index (χ4n) is 4.16. The number of nitrogens with zero attached hydrogens (tertiary/aromatic N) is 1. The van der Waals surface area contributed by atoms with Crippen LogP contribution in [-0.2, 0) is 0 Å². The Kier molecular flexibility index (Phi) is 4.32. The van der Waals surface area contributed by atoms with Crippen LogP contribution in [0.15, 0.2) is 47.3 Å². The highest BCUT2D eigenvalue weighted by molar-refractivity contribution is 6.31. The van der Waals surface area contributed by atoms with Crippen LogP contribution in [0.5, 0.6) is 0 Å². The third kappa shape index (κ3) is 3.06. The average Bonchev–Trinajstić information content (AvgIpc) is 3.13. The molecule has 28 heavy (non-hydrogen) atoms. The van der Waals surface area contributed by atoms with Crippen LogP contribution in [0, 0.1) is 0 Å². The van der Waals surface area contributed by atoms with E-state index >= 15 is 0 Å². The number of H-pyrrole nitrogens is 2. The predicted molar refractivity (Wildman–Crippen MR) is 115 cm³/mol. The van der Waals surface area contributed by atoms with Crippen LogP contribution in [0.25, 0.3) is 33.3 Å². The molecule has 0 saturated heterocycles. The van der Waals surface area contributed by atoms with Crippen molar-refractivity contribution in [1.82, 2.24) is 15.0 Å². The smallest absolute Gasteiger partial charge is 0.261 e. The van der Waals surface area contributed by atoms with Gasteiger partial charge in [0, 0.05) is 16.5 Å². The monoisotopic (exact) mass is 392 g/mol. The summed E-state index contributed by atoms with van der Waals surface area (Å²) in [6, 6.07) is 13.7.